The van der Waals surface area contributed by atoms with Crippen molar-refractivity contribution in [3.63, 3.8) is 0 Å². The van der Waals surface area contributed by atoms with Crippen molar-refractivity contribution in [3.05, 3.63) is 29.8 Å². The number of hydrogen-bond acceptors (Lipinski definition) is 4. The Morgan fingerprint density at radius 2 is 2.12 bits per heavy atom. The van der Waals surface area contributed by atoms with Crippen molar-refractivity contribution in [1.82, 2.24) is 5.32 Å². The number of hydrogen-bond donors (Lipinski definition) is 2. The molecule has 84 valence electrons. The minimum atomic E-state index is -0.844. The third-order valence-corrected chi connectivity index (χ3v) is 2.82. The van der Waals surface area contributed by atoms with Gasteiger partial charge in [-0.1, -0.05) is 0 Å². The first-order valence-electron chi connectivity index (χ1n) is 4.78. The van der Waals surface area contributed by atoms with Gasteiger partial charge in [0.05, 0.1) is 18.2 Å². The molecule has 0 saturated heterocycles. The van der Waals surface area contributed by atoms with E-state index in [1.165, 1.54) is 0 Å². The third-order valence-electron chi connectivity index (χ3n) is 1.81. The van der Waals surface area contributed by atoms with Gasteiger partial charge in [-0.05, 0) is 24.3 Å². The first-order chi connectivity index (χ1) is 7.72. The van der Waals surface area contributed by atoms with Crippen LogP contribution in [0.15, 0.2) is 29.2 Å². The number of nitrogens with one attached hydrogen (secondary N) is 1. The molecule has 4 nitrogen and oxygen atoms in total. The topological polar surface area (TPSA) is 73.1 Å². The standard InChI is InChI=1S/C11H12N2O2S/c12-7-9-1-3-10(4-2-9)16-6-5-13-8-11(14)15/h1-4,13H,5-6,8H2,(H,14,15). The quantitative estimate of drug-likeness (QED) is 0.575. The molecule has 0 saturated carbocycles. The SMILES string of the molecule is N#Cc1ccc(SCCNCC(=O)O)cc1. The molecule has 0 unspecified atom stereocenters. The Kier molecular flexibility index (Phi) is 5.40. The van der Waals surface area contributed by atoms with Gasteiger partial charge in [0.15, 0.2) is 0 Å². The fraction of sp³-hybridized carbons (Fsp3) is 0.273. The molecule has 0 fully saturated rings. The second-order valence-corrected chi connectivity index (χ2v) is 4.22. The molecular weight excluding hydrogens is 224 g/mol. The molecule has 0 heterocycles. The summed E-state index contributed by atoms with van der Waals surface area (Å²) in [7, 11) is 0. The molecule has 0 aliphatic heterocycles. The van der Waals surface area contributed by atoms with Gasteiger partial charge in [0.2, 0.25) is 0 Å². The van der Waals surface area contributed by atoms with Gasteiger partial charge in [-0.2, -0.15) is 5.26 Å². The summed E-state index contributed by atoms with van der Waals surface area (Å²) < 4.78 is 0. The van der Waals surface area contributed by atoms with E-state index < -0.39 is 5.97 Å². The van der Waals surface area contributed by atoms with Crippen LogP contribution in [0.2, 0.25) is 0 Å². The largest absolute Gasteiger partial charge is 0.480 e. The molecule has 1 aromatic carbocycles. The number of carboxylic acids is 1. The molecule has 1 rings (SSSR count). The zero-order valence-corrected chi connectivity index (χ0v) is 9.46. The van der Waals surface area contributed by atoms with Crippen molar-refractivity contribution >= 4 is 17.7 Å². The molecule has 0 bridgehead atoms. The highest BCUT2D eigenvalue weighted by atomic mass is 32.2. The van der Waals surface area contributed by atoms with Crippen LogP contribution in [0, 0.1) is 11.3 Å². The maximum absolute atomic E-state index is 10.2. The Morgan fingerprint density at radius 1 is 1.44 bits per heavy atom. The molecule has 0 aliphatic carbocycles. The van der Waals surface area contributed by atoms with Gasteiger partial charge in [-0.3, -0.25) is 4.79 Å². The lowest BCUT2D eigenvalue weighted by atomic mass is 10.2. The van der Waals surface area contributed by atoms with Crippen LogP contribution in [0.3, 0.4) is 0 Å². The molecule has 0 atom stereocenters. The molecule has 0 radical (unpaired) electrons. The van der Waals surface area contributed by atoms with Gasteiger partial charge >= 0.3 is 5.97 Å². The van der Waals surface area contributed by atoms with E-state index in [0.29, 0.717) is 12.1 Å². The first-order valence-corrected chi connectivity index (χ1v) is 5.76. The molecule has 0 aliphatic rings. The van der Waals surface area contributed by atoms with Gasteiger partial charge < -0.3 is 10.4 Å². The Morgan fingerprint density at radius 3 is 2.69 bits per heavy atom. The molecule has 2 N–H and O–H groups in total. The smallest absolute Gasteiger partial charge is 0.317 e. The monoisotopic (exact) mass is 236 g/mol. The Labute approximate surface area is 98.3 Å². The average molecular weight is 236 g/mol. The average Bonchev–Trinajstić information content (AvgIpc) is 2.29. The molecule has 0 aromatic heterocycles. The molecule has 16 heavy (non-hydrogen) atoms. The predicted molar refractivity (Wildman–Crippen MR) is 62.4 cm³/mol. The van der Waals surface area contributed by atoms with E-state index in [2.05, 4.69) is 11.4 Å². The second-order valence-electron chi connectivity index (χ2n) is 3.06. The van der Waals surface area contributed by atoms with E-state index in [4.69, 9.17) is 10.4 Å². The van der Waals surface area contributed by atoms with E-state index in [-0.39, 0.29) is 6.54 Å². The summed E-state index contributed by atoms with van der Waals surface area (Å²) >= 11 is 1.63. The van der Waals surface area contributed by atoms with E-state index in [1.54, 1.807) is 23.9 Å². The summed E-state index contributed by atoms with van der Waals surface area (Å²) in [4.78, 5) is 11.3. The van der Waals surface area contributed by atoms with Crippen molar-refractivity contribution in [2.75, 3.05) is 18.8 Å². The highest BCUT2D eigenvalue weighted by Gasteiger charge is 1.97. The fourth-order valence-corrected chi connectivity index (χ4v) is 1.87. The minimum Gasteiger partial charge on any atom is -0.480 e. The van der Waals surface area contributed by atoms with Crippen LogP contribution in [0.1, 0.15) is 5.56 Å². The number of rotatable bonds is 6. The lowest BCUT2D eigenvalue weighted by molar-refractivity contribution is -0.135. The van der Waals surface area contributed by atoms with Crippen LogP contribution in [0.25, 0.3) is 0 Å². The lowest BCUT2D eigenvalue weighted by Crippen LogP contribution is -2.24. The maximum Gasteiger partial charge on any atom is 0.317 e. The van der Waals surface area contributed by atoms with E-state index in [1.807, 2.05) is 12.1 Å². The zero-order chi connectivity index (χ0) is 11.8. The molecule has 5 heteroatoms. The number of carbonyl (C=O) groups is 1. The van der Waals surface area contributed by atoms with E-state index in [0.717, 1.165) is 10.6 Å². The third kappa shape index (κ3) is 4.82. The maximum atomic E-state index is 10.2. The van der Waals surface area contributed by atoms with E-state index >= 15 is 0 Å². The normalized spacial score (nSPS) is 9.69. The van der Waals surface area contributed by atoms with Crippen molar-refractivity contribution in [2.24, 2.45) is 0 Å². The summed E-state index contributed by atoms with van der Waals surface area (Å²) in [6, 6.07) is 9.38. The Balaban J connectivity index is 2.22. The Hall–Kier alpha value is -1.51. The summed E-state index contributed by atoms with van der Waals surface area (Å²) in [5.74, 6) is -0.0394. The van der Waals surface area contributed by atoms with Crippen LogP contribution < -0.4 is 5.32 Å². The van der Waals surface area contributed by atoms with Crippen molar-refractivity contribution in [3.8, 4) is 6.07 Å². The molecule has 0 spiro atoms. The van der Waals surface area contributed by atoms with Gasteiger partial charge in [0.25, 0.3) is 0 Å². The lowest BCUT2D eigenvalue weighted by Gasteiger charge is -2.02. The van der Waals surface area contributed by atoms with Crippen LogP contribution in [-0.4, -0.2) is 29.9 Å². The van der Waals surface area contributed by atoms with Gasteiger partial charge in [-0.25, -0.2) is 0 Å². The van der Waals surface area contributed by atoms with Crippen molar-refractivity contribution in [2.45, 2.75) is 4.90 Å². The summed E-state index contributed by atoms with van der Waals surface area (Å²) in [5.41, 5.74) is 0.647. The van der Waals surface area contributed by atoms with Gasteiger partial charge in [0.1, 0.15) is 0 Å². The van der Waals surface area contributed by atoms with Crippen LogP contribution in [-0.2, 0) is 4.79 Å². The second kappa shape index (κ2) is 6.88. The highest BCUT2D eigenvalue weighted by molar-refractivity contribution is 7.99. The molecular formula is C11H12N2O2S. The van der Waals surface area contributed by atoms with Crippen LogP contribution >= 0.6 is 11.8 Å². The number of nitrogens with zero attached hydrogens (tertiary/aromatic N) is 1. The highest BCUT2D eigenvalue weighted by Crippen LogP contribution is 2.17. The van der Waals surface area contributed by atoms with Crippen LogP contribution in [0.4, 0.5) is 0 Å². The Bertz CT molecular complexity index is 384. The van der Waals surface area contributed by atoms with Crippen molar-refractivity contribution < 1.29 is 9.90 Å². The van der Waals surface area contributed by atoms with E-state index in [9.17, 15) is 4.79 Å². The fourth-order valence-electron chi connectivity index (χ4n) is 1.06. The van der Waals surface area contributed by atoms with Crippen LogP contribution in [0.5, 0.6) is 0 Å². The zero-order valence-electron chi connectivity index (χ0n) is 8.64. The number of benzene rings is 1. The number of thioether (sulfide) groups is 1. The number of carboxylic acid groups (broad SMARTS) is 1. The number of aliphatic carboxylic acids is 1. The minimum absolute atomic E-state index is 0.00602. The number of nitriles is 1. The predicted octanol–water partition coefficient (Wildman–Crippen LogP) is 1.32. The van der Waals surface area contributed by atoms with Gasteiger partial charge in [-0.15, -0.1) is 11.8 Å². The first kappa shape index (κ1) is 12.6. The summed E-state index contributed by atoms with van der Waals surface area (Å²) in [5, 5.41) is 19.8. The summed E-state index contributed by atoms with van der Waals surface area (Å²) in [6.45, 7) is 0.644. The molecule has 0 amide bonds. The van der Waals surface area contributed by atoms with Gasteiger partial charge in [0, 0.05) is 17.2 Å². The van der Waals surface area contributed by atoms with Crippen molar-refractivity contribution in [1.29, 1.82) is 5.26 Å². The summed E-state index contributed by atoms with van der Waals surface area (Å²) in [6.07, 6.45) is 0. The molecule has 1 aromatic rings.